The monoisotopic (exact) mass is 479 g/mol. The van der Waals surface area contributed by atoms with Crippen LogP contribution in [0.15, 0.2) is 54.7 Å². The van der Waals surface area contributed by atoms with Crippen LogP contribution in [-0.2, 0) is 24.2 Å². The number of carbonyl (C=O) groups is 1. The fraction of sp³-hybridized carbons (Fsp3) is 0.370. The predicted molar refractivity (Wildman–Crippen MR) is 134 cm³/mol. The third-order valence-corrected chi connectivity index (χ3v) is 6.74. The van der Waals surface area contributed by atoms with Crippen LogP contribution in [0.4, 0.5) is 0 Å². The molecule has 1 amide bonds. The van der Waals surface area contributed by atoms with Crippen molar-refractivity contribution in [1.29, 1.82) is 0 Å². The van der Waals surface area contributed by atoms with Crippen molar-refractivity contribution in [3.8, 4) is 0 Å². The molecule has 0 radical (unpaired) electrons. The molecule has 1 aliphatic rings. The molecule has 1 aromatic heterocycles. The summed E-state index contributed by atoms with van der Waals surface area (Å²) in [6, 6.07) is 14.4. The zero-order chi connectivity index (χ0) is 24.8. The summed E-state index contributed by atoms with van der Waals surface area (Å²) >= 11 is 0. The number of benzene rings is 2. The summed E-state index contributed by atoms with van der Waals surface area (Å²) in [6.45, 7) is 1.49. The summed E-state index contributed by atoms with van der Waals surface area (Å²) < 4.78 is 2.00. The number of amides is 1. The first-order chi connectivity index (χ1) is 17.0. The van der Waals surface area contributed by atoms with Gasteiger partial charge in [-0.2, -0.15) is 0 Å². The van der Waals surface area contributed by atoms with Crippen molar-refractivity contribution in [1.82, 2.24) is 14.9 Å². The number of aryl methyl sites for hydroxylation is 1. The van der Waals surface area contributed by atoms with Crippen molar-refractivity contribution in [3.63, 3.8) is 0 Å². The molecule has 5 N–H and O–H groups in total. The van der Waals surface area contributed by atoms with Gasteiger partial charge in [-0.05, 0) is 53.7 Å². The first kappa shape index (κ1) is 25.1. The zero-order valence-corrected chi connectivity index (χ0v) is 19.7. The van der Waals surface area contributed by atoms with Crippen molar-refractivity contribution in [2.45, 2.75) is 38.0 Å². The van der Waals surface area contributed by atoms with Gasteiger partial charge in [-0.3, -0.25) is 14.9 Å². The van der Waals surface area contributed by atoms with Gasteiger partial charge in [0.15, 0.2) is 0 Å². The van der Waals surface area contributed by atoms with Crippen LogP contribution in [0.5, 0.6) is 0 Å². The highest BCUT2D eigenvalue weighted by Crippen LogP contribution is 2.36. The molecule has 2 aromatic carbocycles. The molecule has 1 heterocycles. The van der Waals surface area contributed by atoms with E-state index in [-0.39, 0.29) is 19.3 Å². The van der Waals surface area contributed by atoms with E-state index in [1.807, 2.05) is 28.8 Å². The lowest BCUT2D eigenvalue weighted by molar-refractivity contribution is -0.124. The molecule has 186 valence electrons. The maximum absolute atomic E-state index is 11.3. The normalized spacial score (nSPS) is 16.3. The minimum absolute atomic E-state index is 0.0768. The Morgan fingerprint density at radius 1 is 1.20 bits per heavy atom. The zero-order valence-electron chi connectivity index (χ0n) is 19.7. The molecule has 8 heteroatoms. The van der Waals surface area contributed by atoms with Gasteiger partial charge in [0.1, 0.15) is 0 Å². The number of aliphatic hydroxyl groups excluding tert-OH is 3. The van der Waals surface area contributed by atoms with Gasteiger partial charge < -0.3 is 19.9 Å². The molecular formula is C27H33N3O5. The van der Waals surface area contributed by atoms with E-state index in [0.29, 0.717) is 13.1 Å². The number of aromatic nitrogens is 1. The van der Waals surface area contributed by atoms with Gasteiger partial charge in [0.05, 0.1) is 25.9 Å². The highest BCUT2D eigenvalue weighted by atomic mass is 16.5. The van der Waals surface area contributed by atoms with Gasteiger partial charge in [0, 0.05) is 42.3 Å². The summed E-state index contributed by atoms with van der Waals surface area (Å²) in [7, 11) is 0. The molecular weight excluding hydrogens is 446 g/mol. The lowest BCUT2D eigenvalue weighted by atomic mass is 10.0. The van der Waals surface area contributed by atoms with Gasteiger partial charge >= 0.3 is 0 Å². The number of aliphatic hydroxyl groups is 3. The largest absolute Gasteiger partial charge is 0.395 e. The molecule has 35 heavy (non-hydrogen) atoms. The Morgan fingerprint density at radius 2 is 2.03 bits per heavy atom. The second kappa shape index (κ2) is 11.6. The van der Waals surface area contributed by atoms with Crippen LogP contribution in [0.1, 0.15) is 34.7 Å². The number of hydroxylamine groups is 1. The number of hydrogen-bond acceptors (Lipinski definition) is 6. The maximum Gasteiger partial charge on any atom is 0.267 e. The highest BCUT2D eigenvalue weighted by Gasteiger charge is 2.28. The third kappa shape index (κ3) is 5.80. The average molecular weight is 480 g/mol. The van der Waals surface area contributed by atoms with Crippen LogP contribution in [0, 0.1) is 0 Å². The van der Waals surface area contributed by atoms with E-state index >= 15 is 0 Å². The summed E-state index contributed by atoms with van der Waals surface area (Å²) in [5, 5.41) is 38.8. The second-order valence-electron chi connectivity index (χ2n) is 8.99. The van der Waals surface area contributed by atoms with Gasteiger partial charge in [0.2, 0.25) is 0 Å². The first-order valence-corrected chi connectivity index (χ1v) is 12.0. The number of hydrogen-bond donors (Lipinski definition) is 5. The van der Waals surface area contributed by atoms with E-state index in [9.17, 15) is 20.1 Å². The summed E-state index contributed by atoms with van der Waals surface area (Å²) in [5.41, 5.74) is 7.19. The molecule has 0 aliphatic heterocycles. The third-order valence-electron chi connectivity index (χ3n) is 6.74. The lowest BCUT2D eigenvalue weighted by Gasteiger charge is -2.29. The fourth-order valence-electron chi connectivity index (χ4n) is 5.08. The van der Waals surface area contributed by atoms with Gasteiger partial charge in [0.25, 0.3) is 5.91 Å². The first-order valence-electron chi connectivity index (χ1n) is 12.0. The smallest absolute Gasteiger partial charge is 0.267 e. The quantitative estimate of drug-likeness (QED) is 0.163. The molecule has 0 saturated carbocycles. The van der Waals surface area contributed by atoms with Crippen LogP contribution in [0.2, 0.25) is 0 Å². The van der Waals surface area contributed by atoms with Crippen LogP contribution in [0.25, 0.3) is 17.0 Å². The Bertz CT molecular complexity index is 1190. The van der Waals surface area contributed by atoms with Crippen LogP contribution < -0.4 is 5.48 Å². The lowest BCUT2D eigenvalue weighted by Crippen LogP contribution is -2.32. The Labute approximate surface area is 204 Å². The molecule has 2 atom stereocenters. The molecule has 3 aromatic rings. The molecule has 0 fully saturated rings. The van der Waals surface area contributed by atoms with Crippen molar-refractivity contribution in [2.24, 2.45) is 0 Å². The summed E-state index contributed by atoms with van der Waals surface area (Å²) in [4.78, 5) is 13.6. The number of nitrogens with one attached hydrogen (secondary N) is 1. The molecule has 8 nitrogen and oxygen atoms in total. The van der Waals surface area contributed by atoms with Crippen LogP contribution in [-0.4, -0.2) is 68.3 Å². The standard InChI is InChI=1S/C27H33N3O5/c31-14-13-29(26-9-7-20-15-19(5-8-24(20)26)6-10-27(34)28-35)12-11-21-16-30(17-22(33)18-32)25-4-2-1-3-23(21)25/h1-6,8,10,15-16,22,26,31-33,35H,7,9,11-14,17-18H2,(H,28,34). The van der Waals surface area contributed by atoms with Crippen LogP contribution >= 0.6 is 0 Å². The Hall–Kier alpha value is -3.01. The Morgan fingerprint density at radius 3 is 2.80 bits per heavy atom. The SMILES string of the molecule is O=C(C=Cc1ccc2c(c1)CCC2N(CCO)CCc1cn(CC(O)CO)c2ccccc12)NO. The van der Waals surface area contributed by atoms with Gasteiger partial charge in [-0.1, -0.05) is 36.4 Å². The second-order valence-corrected chi connectivity index (χ2v) is 8.99. The summed E-state index contributed by atoms with van der Waals surface area (Å²) in [6.07, 6.45) is 6.90. The maximum atomic E-state index is 11.3. The molecule has 1 aliphatic carbocycles. The number of carbonyl (C=O) groups excluding carboxylic acids is 1. The van der Waals surface area contributed by atoms with Gasteiger partial charge in [-0.15, -0.1) is 0 Å². The van der Waals surface area contributed by atoms with Crippen molar-refractivity contribution in [2.75, 3.05) is 26.3 Å². The molecule has 0 spiro atoms. The highest BCUT2D eigenvalue weighted by molar-refractivity contribution is 5.90. The Kier molecular flexibility index (Phi) is 8.33. The van der Waals surface area contributed by atoms with Crippen molar-refractivity contribution < 1.29 is 25.3 Å². The minimum Gasteiger partial charge on any atom is -0.395 e. The van der Waals surface area contributed by atoms with Crippen LogP contribution in [0.3, 0.4) is 0 Å². The topological polar surface area (TPSA) is 118 Å². The number of para-hydroxylation sites is 1. The minimum atomic E-state index is -0.808. The average Bonchev–Trinajstić information content (AvgIpc) is 3.46. The Balaban J connectivity index is 1.51. The molecule has 2 unspecified atom stereocenters. The number of rotatable bonds is 11. The number of nitrogens with zero attached hydrogens (tertiary/aromatic N) is 2. The number of fused-ring (bicyclic) bond motifs is 2. The van der Waals surface area contributed by atoms with E-state index in [4.69, 9.17) is 5.21 Å². The van der Waals surface area contributed by atoms with Gasteiger partial charge in [-0.25, -0.2) is 5.48 Å². The van der Waals surface area contributed by atoms with E-state index < -0.39 is 12.0 Å². The van der Waals surface area contributed by atoms with E-state index in [1.165, 1.54) is 22.8 Å². The van der Waals surface area contributed by atoms with E-state index in [2.05, 4.69) is 29.3 Å². The fourth-order valence-corrected chi connectivity index (χ4v) is 5.08. The molecule has 4 rings (SSSR count). The van der Waals surface area contributed by atoms with E-state index in [1.54, 1.807) is 11.6 Å². The predicted octanol–water partition coefficient (Wildman–Crippen LogP) is 2.04. The van der Waals surface area contributed by atoms with Crippen molar-refractivity contribution >= 4 is 22.9 Å². The van der Waals surface area contributed by atoms with E-state index in [0.717, 1.165) is 42.3 Å². The molecule has 0 saturated heterocycles. The molecule has 0 bridgehead atoms. The van der Waals surface area contributed by atoms with Crippen molar-refractivity contribution in [3.05, 3.63) is 77.0 Å². The summed E-state index contributed by atoms with van der Waals surface area (Å²) in [5.74, 6) is -0.565.